The fourth-order valence-corrected chi connectivity index (χ4v) is 3.29. The average molecular weight is 339 g/mol. The van der Waals surface area contributed by atoms with Gasteiger partial charge in [0, 0.05) is 5.57 Å². The van der Waals surface area contributed by atoms with Crippen LogP contribution in [0.5, 0.6) is 0 Å². The van der Waals surface area contributed by atoms with Gasteiger partial charge in [0.1, 0.15) is 5.60 Å². The first-order valence-corrected chi connectivity index (χ1v) is 9.69. The van der Waals surface area contributed by atoms with Crippen molar-refractivity contribution in [2.45, 2.75) is 117 Å². The van der Waals surface area contributed by atoms with Crippen LogP contribution in [0.2, 0.25) is 0 Å². The second-order valence-electron chi connectivity index (χ2n) is 8.61. The summed E-state index contributed by atoms with van der Waals surface area (Å²) in [6.45, 7) is 11.9. The highest BCUT2D eigenvalue weighted by atomic mass is 16.6. The Hall–Kier alpha value is -0.830. The molecule has 0 saturated heterocycles. The summed E-state index contributed by atoms with van der Waals surface area (Å²) in [7, 11) is 0. The summed E-state index contributed by atoms with van der Waals surface area (Å²) in [5.74, 6) is -0.219. The minimum Gasteiger partial charge on any atom is -0.457 e. The maximum Gasteiger partial charge on any atom is 0.333 e. The van der Waals surface area contributed by atoms with Crippen LogP contribution in [-0.2, 0) is 14.3 Å². The van der Waals surface area contributed by atoms with Gasteiger partial charge in [0.15, 0.2) is 0 Å². The molecule has 3 nitrogen and oxygen atoms in total. The van der Waals surface area contributed by atoms with E-state index in [4.69, 9.17) is 9.47 Å². The Labute approximate surface area is 149 Å². The average Bonchev–Trinajstić information content (AvgIpc) is 2.41. The van der Waals surface area contributed by atoms with E-state index in [1.807, 2.05) is 33.8 Å². The van der Waals surface area contributed by atoms with Crippen molar-refractivity contribution in [2.24, 2.45) is 0 Å². The van der Waals surface area contributed by atoms with E-state index in [9.17, 15) is 4.79 Å². The largest absolute Gasteiger partial charge is 0.457 e. The molecule has 0 aromatic rings. The summed E-state index contributed by atoms with van der Waals surface area (Å²) >= 11 is 0. The van der Waals surface area contributed by atoms with Gasteiger partial charge in [0.05, 0.1) is 11.7 Å². The fourth-order valence-electron chi connectivity index (χ4n) is 3.29. The first kappa shape index (κ1) is 21.2. The van der Waals surface area contributed by atoms with Crippen molar-refractivity contribution in [3.05, 3.63) is 11.6 Å². The first-order chi connectivity index (χ1) is 11.1. The monoisotopic (exact) mass is 338 g/mol. The van der Waals surface area contributed by atoms with Crippen molar-refractivity contribution in [3.63, 3.8) is 0 Å². The third-order valence-corrected chi connectivity index (χ3v) is 4.64. The molecule has 24 heavy (non-hydrogen) atoms. The van der Waals surface area contributed by atoms with Gasteiger partial charge in [0.2, 0.25) is 0 Å². The van der Waals surface area contributed by atoms with Gasteiger partial charge >= 0.3 is 5.97 Å². The second-order valence-corrected chi connectivity index (χ2v) is 8.61. The smallest absolute Gasteiger partial charge is 0.333 e. The molecule has 1 aliphatic carbocycles. The lowest BCUT2D eigenvalue weighted by Gasteiger charge is -2.34. The minimum atomic E-state index is -0.435. The van der Waals surface area contributed by atoms with E-state index >= 15 is 0 Å². The van der Waals surface area contributed by atoms with Crippen LogP contribution < -0.4 is 0 Å². The molecule has 0 amide bonds. The maximum atomic E-state index is 12.0. The number of ether oxygens (including phenoxy) is 2. The summed E-state index contributed by atoms with van der Waals surface area (Å²) in [4.78, 5) is 12.0. The van der Waals surface area contributed by atoms with E-state index in [1.165, 1.54) is 44.9 Å². The number of esters is 1. The minimum absolute atomic E-state index is 0.0315. The molecular weight excluding hydrogens is 300 g/mol. The van der Waals surface area contributed by atoms with Crippen LogP contribution in [-0.4, -0.2) is 23.3 Å². The van der Waals surface area contributed by atoms with E-state index in [2.05, 4.69) is 13.8 Å². The standard InChI is InChI=1S/C21H38O3/c1-17(19(22)24-20(3,4)5)13-12-14-18(2)23-21(6)15-10-8-7-9-11-16-21/h13,18H,7-12,14-16H2,1-6H3/b17-13+. The Morgan fingerprint density at radius 2 is 1.67 bits per heavy atom. The van der Waals surface area contributed by atoms with Gasteiger partial charge in [0.25, 0.3) is 0 Å². The number of carbonyl (C=O) groups is 1. The number of carbonyl (C=O) groups excluding carboxylic acids is 1. The molecule has 0 radical (unpaired) electrons. The Kier molecular flexibility index (Phi) is 8.49. The maximum absolute atomic E-state index is 12.0. The quantitative estimate of drug-likeness (QED) is 0.442. The summed E-state index contributed by atoms with van der Waals surface area (Å²) in [6.07, 6.45) is 12.9. The lowest BCUT2D eigenvalue weighted by molar-refractivity contribution is -0.149. The van der Waals surface area contributed by atoms with Crippen molar-refractivity contribution in [1.82, 2.24) is 0 Å². The van der Waals surface area contributed by atoms with Gasteiger partial charge in [-0.15, -0.1) is 0 Å². The first-order valence-electron chi connectivity index (χ1n) is 9.69. The topological polar surface area (TPSA) is 35.5 Å². The molecule has 0 heterocycles. The zero-order valence-corrected chi connectivity index (χ0v) is 16.7. The van der Waals surface area contributed by atoms with Crippen LogP contribution in [0, 0.1) is 0 Å². The van der Waals surface area contributed by atoms with Crippen LogP contribution in [0.1, 0.15) is 99.3 Å². The third-order valence-electron chi connectivity index (χ3n) is 4.64. The molecule has 3 heteroatoms. The summed E-state index contributed by atoms with van der Waals surface area (Å²) in [6, 6.07) is 0. The van der Waals surface area contributed by atoms with Crippen molar-refractivity contribution >= 4 is 5.97 Å². The van der Waals surface area contributed by atoms with Crippen LogP contribution >= 0.6 is 0 Å². The predicted molar refractivity (Wildman–Crippen MR) is 100 cm³/mol. The molecule has 140 valence electrons. The predicted octanol–water partition coefficient (Wildman–Crippen LogP) is 5.96. The molecule has 0 aliphatic heterocycles. The van der Waals surface area contributed by atoms with Gasteiger partial charge in [-0.2, -0.15) is 0 Å². The van der Waals surface area contributed by atoms with Gasteiger partial charge in [-0.25, -0.2) is 4.79 Å². The number of allylic oxidation sites excluding steroid dienone is 1. The van der Waals surface area contributed by atoms with E-state index in [0.29, 0.717) is 5.57 Å². The van der Waals surface area contributed by atoms with Gasteiger partial charge in [-0.05, 0) is 67.2 Å². The van der Waals surface area contributed by atoms with Gasteiger partial charge < -0.3 is 9.47 Å². The lowest BCUT2D eigenvalue weighted by atomic mass is 9.88. The molecule has 0 aromatic heterocycles. The molecule has 1 saturated carbocycles. The Morgan fingerprint density at radius 1 is 1.12 bits per heavy atom. The van der Waals surface area contributed by atoms with Crippen molar-refractivity contribution < 1.29 is 14.3 Å². The third kappa shape index (κ3) is 8.86. The molecule has 1 fully saturated rings. The molecule has 1 rings (SSSR count). The summed E-state index contributed by atoms with van der Waals surface area (Å²) in [5, 5.41) is 0. The highest BCUT2D eigenvalue weighted by Gasteiger charge is 2.27. The van der Waals surface area contributed by atoms with E-state index < -0.39 is 5.60 Å². The van der Waals surface area contributed by atoms with Crippen LogP contribution in [0.3, 0.4) is 0 Å². The highest BCUT2D eigenvalue weighted by molar-refractivity contribution is 5.87. The normalized spacial score (nSPS) is 20.8. The number of hydrogen-bond donors (Lipinski definition) is 0. The molecule has 1 aliphatic rings. The molecule has 0 bridgehead atoms. The molecule has 1 unspecified atom stereocenters. The van der Waals surface area contributed by atoms with E-state index in [1.54, 1.807) is 0 Å². The Morgan fingerprint density at radius 3 is 2.21 bits per heavy atom. The van der Waals surface area contributed by atoms with Crippen molar-refractivity contribution in [1.29, 1.82) is 0 Å². The fraction of sp³-hybridized carbons (Fsp3) is 0.857. The molecule has 0 spiro atoms. The van der Waals surface area contributed by atoms with E-state index in [-0.39, 0.29) is 17.7 Å². The zero-order valence-electron chi connectivity index (χ0n) is 16.7. The Bertz CT molecular complexity index is 409. The van der Waals surface area contributed by atoms with Gasteiger partial charge in [-0.1, -0.05) is 38.2 Å². The molecule has 1 atom stereocenters. The van der Waals surface area contributed by atoms with Crippen molar-refractivity contribution in [2.75, 3.05) is 0 Å². The lowest BCUT2D eigenvalue weighted by Crippen LogP contribution is -2.33. The van der Waals surface area contributed by atoms with Crippen LogP contribution in [0.4, 0.5) is 0 Å². The summed E-state index contributed by atoms with van der Waals surface area (Å²) < 4.78 is 11.8. The number of hydrogen-bond acceptors (Lipinski definition) is 3. The van der Waals surface area contributed by atoms with Crippen LogP contribution in [0.25, 0.3) is 0 Å². The number of rotatable bonds is 6. The SMILES string of the molecule is C/C(=C\CCC(C)OC1(C)CCCCCCC1)C(=O)OC(C)(C)C. The van der Waals surface area contributed by atoms with Gasteiger partial charge in [-0.3, -0.25) is 0 Å². The highest BCUT2D eigenvalue weighted by Crippen LogP contribution is 2.31. The van der Waals surface area contributed by atoms with Crippen molar-refractivity contribution in [3.8, 4) is 0 Å². The van der Waals surface area contributed by atoms with Crippen LogP contribution in [0.15, 0.2) is 11.6 Å². The second kappa shape index (κ2) is 9.60. The molecular formula is C21H38O3. The Balaban J connectivity index is 2.40. The molecule has 0 aromatic carbocycles. The zero-order chi connectivity index (χ0) is 18.2. The summed E-state index contributed by atoms with van der Waals surface area (Å²) in [5.41, 5.74) is 0.286. The van der Waals surface area contributed by atoms with E-state index in [0.717, 1.165) is 12.8 Å². The molecule has 0 N–H and O–H groups in total.